The van der Waals surface area contributed by atoms with Crippen molar-refractivity contribution in [2.75, 3.05) is 19.8 Å². The van der Waals surface area contributed by atoms with Crippen LogP contribution in [0.25, 0.3) is 0 Å². The Balaban J connectivity index is 1.76. The first-order valence-corrected chi connectivity index (χ1v) is 10.4. The molecular weight excluding hydrogens is 440 g/mol. The molecule has 3 fully saturated rings. The van der Waals surface area contributed by atoms with E-state index < -0.39 is 99.7 Å². The highest BCUT2D eigenvalue weighted by Crippen LogP contribution is 2.32. The van der Waals surface area contributed by atoms with E-state index >= 15 is 0 Å². The maximum absolute atomic E-state index is 10.6. The van der Waals surface area contributed by atoms with Gasteiger partial charge in [0.1, 0.15) is 48.8 Å². The van der Waals surface area contributed by atoms with Gasteiger partial charge >= 0.3 is 0 Å². The van der Waals surface area contributed by atoms with Crippen LogP contribution in [0.5, 0.6) is 0 Å². The SMILES string of the molecule is OC[C@H]1OC(O)[C@H](O[C@@H]2O[C@H](CO)[C@@H](O)C[C@H]2O)[C@@H](OC2C[C@@H](O)[C@H](O)[C@@H](CO)O2)[C@@H]1O. The molecule has 0 saturated carbocycles. The van der Waals surface area contributed by atoms with Crippen molar-refractivity contribution in [3.8, 4) is 0 Å². The highest BCUT2D eigenvalue weighted by molar-refractivity contribution is 4.93. The maximum Gasteiger partial charge on any atom is 0.184 e. The van der Waals surface area contributed by atoms with E-state index in [1.54, 1.807) is 0 Å². The molecule has 9 N–H and O–H groups in total. The Labute approximate surface area is 183 Å². The zero-order valence-corrected chi connectivity index (χ0v) is 17.1. The number of ether oxygens (including phenoxy) is 5. The topological polar surface area (TPSA) is 228 Å². The maximum atomic E-state index is 10.6. The molecule has 3 heterocycles. The third-order valence-corrected chi connectivity index (χ3v) is 5.85. The van der Waals surface area contributed by atoms with Gasteiger partial charge in [-0.05, 0) is 0 Å². The van der Waals surface area contributed by atoms with Gasteiger partial charge in [-0.1, -0.05) is 0 Å². The molecule has 0 amide bonds. The molecule has 3 saturated heterocycles. The summed E-state index contributed by atoms with van der Waals surface area (Å²) in [7, 11) is 0. The lowest BCUT2D eigenvalue weighted by Crippen LogP contribution is -2.64. The summed E-state index contributed by atoms with van der Waals surface area (Å²) < 4.78 is 27.2. The van der Waals surface area contributed by atoms with Crippen LogP contribution in [0, 0.1) is 0 Å². The highest BCUT2D eigenvalue weighted by Gasteiger charge is 2.51. The van der Waals surface area contributed by atoms with E-state index in [1.807, 2.05) is 0 Å². The van der Waals surface area contributed by atoms with Gasteiger partial charge in [-0.15, -0.1) is 0 Å². The lowest BCUT2D eigenvalue weighted by molar-refractivity contribution is -0.373. The summed E-state index contributed by atoms with van der Waals surface area (Å²) in [5.41, 5.74) is 0. The van der Waals surface area contributed by atoms with Crippen molar-refractivity contribution in [3.05, 3.63) is 0 Å². The van der Waals surface area contributed by atoms with Crippen LogP contribution in [0.2, 0.25) is 0 Å². The molecule has 0 radical (unpaired) electrons. The molecule has 0 aromatic carbocycles. The van der Waals surface area contributed by atoms with Crippen LogP contribution in [0.3, 0.4) is 0 Å². The molecule has 0 aliphatic carbocycles. The van der Waals surface area contributed by atoms with Crippen molar-refractivity contribution in [3.63, 3.8) is 0 Å². The molecule has 0 bridgehead atoms. The summed E-state index contributed by atoms with van der Waals surface area (Å²) in [6.07, 6.45) is -18.1. The van der Waals surface area contributed by atoms with Gasteiger partial charge in [-0.3, -0.25) is 0 Å². The largest absolute Gasteiger partial charge is 0.394 e. The first-order chi connectivity index (χ1) is 15.2. The van der Waals surface area contributed by atoms with Gasteiger partial charge in [-0.2, -0.15) is 0 Å². The van der Waals surface area contributed by atoms with Gasteiger partial charge in [-0.25, -0.2) is 0 Å². The molecule has 0 aromatic rings. The third-order valence-electron chi connectivity index (χ3n) is 5.85. The molecular formula is C18H32O14. The Morgan fingerprint density at radius 3 is 1.84 bits per heavy atom. The van der Waals surface area contributed by atoms with Gasteiger partial charge in [0.05, 0.1) is 32.0 Å². The van der Waals surface area contributed by atoms with Crippen molar-refractivity contribution in [2.45, 2.75) is 92.8 Å². The van der Waals surface area contributed by atoms with Crippen LogP contribution >= 0.6 is 0 Å². The molecule has 3 aliphatic heterocycles. The van der Waals surface area contributed by atoms with Crippen LogP contribution in [0.15, 0.2) is 0 Å². The van der Waals surface area contributed by atoms with Crippen molar-refractivity contribution in [1.82, 2.24) is 0 Å². The van der Waals surface area contributed by atoms with Crippen LogP contribution in [-0.2, 0) is 23.7 Å². The first-order valence-electron chi connectivity index (χ1n) is 10.4. The first kappa shape index (κ1) is 26.1. The number of rotatable bonds is 7. The van der Waals surface area contributed by atoms with Gasteiger partial charge in [0, 0.05) is 12.8 Å². The van der Waals surface area contributed by atoms with E-state index in [0.29, 0.717) is 0 Å². The Morgan fingerprint density at radius 1 is 0.594 bits per heavy atom. The third kappa shape index (κ3) is 5.56. The fraction of sp³-hybridized carbons (Fsp3) is 1.00. The Kier molecular flexibility index (Phi) is 9.15. The minimum atomic E-state index is -1.76. The van der Waals surface area contributed by atoms with Crippen molar-refractivity contribution < 1.29 is 69.6 Å². The van der Waals surface area contributed by atoms with Crippen LogP contribution < -0.4 is 0 Å². The lowest BCUT2D eigenvalue weighted by Gasteiger charge is -2.46. The molecule has 0 spiro atoms. The lowest BCUT2D eigenvalue weighted by atomic mass is 9.97. The van der Waals surface area contributed by atoms with Crippen LogP contribution in [0.1, 0.15) is 12.8 Å². The van der Waals surface area contributed by atoms with Crippen molar-refractivity contribution in [1.29, 1.82) is 0 Å². The quantitative estimate of drug-likeness (QED) is 0.168. The average molecular weight is 472 g/mol. The van der Waals surface area contributed by atoms with E-state index in [9.17, 15) is 46.0 Å². The Hall–Kier alpha value is -0.560. The monoisotopic (exact) mass is 472 g/mol. The van der Waals surface area contributed by atoms with E-state index in [-0.39, 0.29) is 12.8 Å². The van der Waals surface area contributed by atoms with E-state index in [2.05, 4.69) is 0 Å². The smallest absolute Gasteiger partial charge is 0.184 e. The van der Waals surface area contributed by atoms with E-state index in [1.165, 1.54) is 0 Å². The highest BCUT2D eigenvalue weighted by atomic mass is 16.8. The summed E-state index contributed by atoms with van der Waals surface area (Å²) in [6.45, 7) is -1.87. The standard InChI is InChI=1S/C18H32O14/c19-3-9-6(22)1-8(24)18(30-9)32-16-15(14(26)11(5-21)29-17(16)27)31-12-2-7(23)13(25)10(4-20)28-12/h6-27H,1-5H2/t6-,7+,8+,9+,10+,11+,12?,13-,14+,15-,16+,17?,18-/m0/s1. The molecule has 188 valence electrons. The van der Waals surface area contributed by atoms with Crippen molar-refractivity contribution in [2.24, 2.45) is 0 Å². The second-order valence-electron chi connectivity index (χ2n) is 8.12. The second kappa shape index (κ2) is 11.2. The van der Waals surface area contributed by atoms with Gasteiger partial charge < -0.3 is 69.6 Å². The predicted octanol–water partition coefficient (Wildman–Crippen LogP) is -5.51. The van der Waals surface area contributed by atoms with Crippen LogP contribution in [-0.4, -0.2) is 146 Å². The summed E-state index contributed by atoms with van der Waals surface area (Å²) >= 11 is 0. The average Bonchev–Trinajstić information content (AvgIpc) is 2.76. The fourth-order valence-corrected chi connectivity index (χ4v) is 3.99. The van der Waals surface area contributed by atoms with Crippen molar-refractivity contribution >= 4 is 0 Å². The molecule has 32 heavy (non-hydrogen) atoms. The molecule has 2 unspecified atom stereocenters. The number of aliphatic hydroxyl groups excluding tert-OH is 9. The summed E-state index contributed by atoms with van der Waals surface area (Å²) in [6, 6.07) is 0. The Bertz CT molecular complexity index is 582. The minimum absolute atomic E-state index is 0.194. The zero-order valence-electron chi connectivity index (χ0n) is 17.1. The van der Waals surface area contributed by atoms with Crippen LogP contribution in [0.4, 0.5) is 0 Å². The molecule has 3 rings (SSSR count). The normalized spacial score (nSPS) is 50.3. The number of hydrogen-bond donors (Lipinski definition) is 9. The van der Waals surface area contributed by atoms with E-state index in [0.717, 1.165) is 0 Å². The summed E-state index contributed by atoms with van der Waals surface area (Å²) in [5, 5.41) is 89.1. The minimum Gasteiger partial charge on any atom is -0.394 e. The molecule has 14 heteroatoms. The predicted molar refractivity (Wildman–Crippen MR) is 98.5 cm³/mol. The molecule has 13 atom stereocenters. The molecule has 14 nitrogen and oxygen atoms in total. The fourth-order valence-electron chi connectivity index (χ4n) is 3.99. The number of hydrogen-bond acceptors (Lipinski definition) is 14. The van der Waals surface area contributed by atoms with Gasteiger partial charge in [0.25, 0.3) is 0 Å². The number of aliphatic hydroxyl groups is 9. The Morgan fingerprint density at radius 2 is 1.22 bits per heavy atom. The molecule has 0 aromatic heterocycles. The zero-order chi connectivity index (χ0) is 23.6. The summed E-state index contributed by atoms with van der Waals surface area (Å²) in [5.74, 6) is 0. The summed E-state index contributed by atoms with van der Waals surface area (Å²) in [4.78, 5) is 0. The van der Waals surface area contributed by atoms with Gasteiger partial charge in [0.15, 0.2) is 18.9 Å². The molecule has 3 aliphatic rings. The van der Waals surface area contributed by atoms with E-state index in [4.69, 9.17) is 23.7 Å². The van der Waals surface area contributed by atoms with Gasteiger partial charge in [0.2, 0.25) is 0 Å². The second-order valence-corrected chi connectivity index (χ2v) is 8.12.